The molecule has 1 amide bonds. The predicted octanol–water partition coefficient (Wildman–Crippen LogP) is 1.86. The van der Waals surface area contributed by atoms with Crippen LogP contribution in [0.1, 0.15) is 45.4 Å². The van der Waals surface area contributed by atoms with E-state index in [9.17, 15) is 4.79 Å². The number of nitrogens with one attached hydrogen (secondary N) is 1. The van der Waals surface area contributed by atoms with Crippen LogP contribution in [0.4, 0.5) is 0 Å². The first kappa shape index (κ1) is 10.6. The third kappa shape index (κ3) is 1.48. The molecule has 16 heavy (non-hydrogen) atoms. The van der Waals surface area contributed by atoms with E-state index in [0.29, 0.717) is 29.4 Å². The molecule has 0 aromatic heterocycles. The second-order valence-corrected chi connectivity index (χ2v) is 5.60. The molecule has 0 aliphatic heterocycles. The Morgan fingerprint density at radius 2 is 2.19 bits per heavy atom. The molecule has 0 heterocycles. The summed E-state index contributed by atoms with van der Waals surface area (Å²) >= 11 is 0. The molecule has 0 unspecified atom stereocenters. The highest BCUT2D eigenvalue weighted by Crippen LogP contribution is 2.57. The van der Waals surface area contributed by atoms with Gasteiger partial charge in [0.05, 0.1) is 6.10 Å². The third-order valence-corrected chi connectivity index (χ3v) is 4.70. The summed E-state index contributed by atoms with van der Waals surface area (Å²) in [5.41, 5.74) is 0.320. The van der Waals surface area contributed by atoms with Gasteiger partial charge in [0.1, 0.15) is 0 Å². The van der Waals surface area contributed by atoms with Gasteiger partial charge in [-0.25, -0.2) is 0 Å². The van der Waals surface area contributed by atoms with Crippen molar-refractivity contribution in [3.63, 3.8) is 0 Å². The van der Waals surface area contributed by atoms with Gasteiger partial charge in [0.25, 0.3) is 0 Å². The van der Waals surface area contributed by atoms with Crippen LogP contribution in [0.15, 0.2) is 0 Å². The molecule has 3 aliphatic carbocycles. The highest BCUT2D eigenvalue weighted by Gasteiger charge is 2.59. The van der Waals surface area contributed by atoms with E-state index >= 15 is 0 Å². The summed E-state index contributed by atoms with van der Waals surface area (Å²) in [4.78, 5) is 11.7. The minimum atomic E-state index is 0.297. The Labute approximate surface area is 96.9 Å². The van der Waals surface area contributed by atoms with Gasteiger partial charge in [0.2, 0.25) is 5.91 Å². The van der Waals surface area contributed by atoms with Crippen molar-refractivity contribution in [2.75, 3.05) is 6.61 Å². The van der Waals surface area contributed by atoms with Crippen molar-refractivity contribution in [3.05, 3.63) is 0 Å². The van der Waals surface area contributed by atoms with Crippen LogP contribution in [0.2, 0.25) is 0 Å². The van der Waals surface area contributed by atoms with Gasteiger partial charge < -0.3 is 10.1 Å². The summed E-state index contributed by atoms with van der Waals surface area (Å²) in [7, 11) is 0. The lowest BCUT2D eigenvalue weighted by Gasteiger charge is -2.61. The van der Waals surface area contributed by atoms with Crippen molar-refractivity contribution < 1.29 is 9.53 Å². The van der Waals surface area contributed by atoms with Gasteiger partial charge in [-0.15, -0.1) is 0 Å². The quantitative estimate of drug-likeness (QED) is 0.790. The summed E-state index contributed by atoms with van der Waals surface area (Å²) in [6.45, 7) is 2.86. The van der Waals surface area contributed by atoms with Gasteiger partial charge in [0.15, 0.2) is 0 Å². The maximum atomic E-state index is 11.7. The van der Waals surface area contributed by atoms with Crippen molar-refractivity contribution >= 4 is 5.91 Å². The molecule has 90 valence electrons. The Kier molecular flexibility index (Phi) is 2.46. The van der Waals surface area contributed by atoms with Crippen LogP contribution >= 0.6 is 0 Å². The Bertz CT molecular complexity index is 294. The summed E-state index contributed by atoms with van der Waals surface area (Å²) in [5, 5.41) is 3.24. The molecule has 0 bridgehead atoms. The Morgan fingerprint density at radius 1 is 1.44 bits per heavy atom. The van der Waals surface area contributed by atoms with E-state index in [-0.39, 0.29) is 0 Å². The zero-order valence-electron chi connectivity index (χ0n) is 10.00. The van der Waals surface area contributed by atoms with Crippen LogP contribution in [0.25, 0.3) is 0 Å². The molecule has 1 N–H and O–H groups in total. The second kappa shape index (κ2) is 3.73. The average molecular weight is 223 g/mol. The molecule has 2 atom stereocenters. The van der Waals surface area contributed by atoms with Gasteiger partial charge in [-0.2, -0.15) is 0 Å². The monoisotopic (exact) mass is 223 g/mol. The summed E-state index contributed by atoms with van der Waals surface area (Å²) in [6, 6.07) is 0.408. The zero-order valence-corrected chi connectivity index (χ0v) is 10.00. The van der Waals surface area contributed by atoms with E-state index in [1.807, 2.05) is 0 Å². The lowest BCUT2D eigenvalue weighted by molar-refractivity contribution is -0.176. The Hall–Kier alpha value is -0.570. The van der Waals surface area contributed by atoms with E-state index in [0.717, 1.165) is 25.9 Å². The van der Waals surface area contributed by atoms with Crippen molar-refractivity contribution in [2.24, 2.45) is 11.3 Å². The first-order valence-corrected chi connectivity index (χ1v) is 6.68. The van der Waals surface area contributed by atoms with Gasteiger partial charge in [-0.05, 0) is 39.0 Å². The van der Waals surface area contributed by atoms with Crippen LogP contribution in [-0.4, -0.2) is 24.7 Å². The van der Waals surface area contributed by atoms with Crippen molar-refractivity contribution in [2.45, 2.75) is 57.6 Å². The average Bonchev–Trinajstić information content (AvgIpc) is 2.96. The number of hydrogen-bond donors (Lipinski definition) is 1. The van der Waals surface area contributed by atoms with Crippen LogP contribution < -0.4 is 5.32 Å². The molecule has 3 rings (SSSR count). The van der Waals surface area contributed by atoms with E-state index < -0.39 is 0 Å². The first-order valence-electron chi connectivity index (χ1n) is 6.68. The molecular weight excluding hydrogens is 202 g/mol. The first-order chi connectivity index (χ1) is 7.76. The molecule has 0 aromatic carbocycles. The Morgan fingerprint density at radius 3 is 2.69 bits per heavy atom. The molecule has 3 aliphatic rings. The van der Waals surface area contributed by atoms with Crippen LogP contribution in [-0.2, 0) is 9.53 Å². The number of ether oxygens (including phenoxy) is 1. The fraction of sp³-hybridized carbons (Fsp3) is 0.923. The van der Waals surface area contributed by atoms with Crippen molar-refractivity contribution in [3.8, 4) is 0 Å². The molecule has 1 spiro atoms. The van der Waals surface area contributed by atoms with E-state index in [4.69, 9.17) is 4.74 Å². The van der Waals surface area contributed by atoms with Gasteiger partial charge in [-0.3, -0.25) is 4.79 Å². The standard InChI is InChI=1S/C13H21NO2/c1-2-16-11-8-10(13(11)6-3-7-13)14-12(15)9-4-5-9/h9-11H,2-8H2,1H3,(H,14,15)/t10-,11-/m1/s1. The second-order valence-electron chi connectivity index (χ2n) is 5.60. The highest BCUT2D eigenvalue weighted by molar-refractivity contribution is 5.81. The molecule has 3 saturated carbocycles. The third-order valence-electron chi connectivity index (χ3n) is 4.70. The maximum absolute atomic E-state index is 11.7. The zero-order chi connectivity index (χ0) is 11.2. The molecule has 3 fully saturated rings. The molecule has 3 nitrogen and oxygen atoms in total. The van der Waals surface area contributed by atoms with E-state index in [1.54, 1.807) is 0 Å². The number of rotatable bonds is 4. The van der Waals surface area contributed by atoms with Crippen molar-refractivity contribution in [1.82, 2.24) is 5.32 Å². The minimum absolute atomic E-state index is 0.297. The normalized spacial score (nSPS) is 35.3. The van der Waals surface area contributed by atoms with Crippen molar-refractivity contribution in [1.29, 1.82) is 0 Å². The fourth-order valence-corrected chi connectivity index (χ4v) is 3.28. The summed E-state index contributed by atoms with van der Waals surface area (Å²) in [6.07, 6.45) is 7.43. The minimum Gasteiger partial charge on any atom is -0.378 e. The fourth-order valence-electron chi connectivity index (χ4n) is 3.28. The topological polar surface area (TPSA) is 38.3 Å². The summed E-state index contributed by atoms with van der Waals surface area (Å²) in [5.74, 6) is 0.634. The molecular formula is C13H21NO2. The smallest absolute Gasteiger partial charge is 0.223 e. The van der Waals surface area contributed by atoms with Gasteiger partial charge in [0, 0.05) is 24.0 Å². The number of carbonyl (C=O) groups is 1. The Balaban J connectivity index is 1.58. The molecule has 3 heteroatoms. The largest absolute Gasteiger partial charge is 0.378 e. The lowest BCUT2D eigenvalue weighted by atomic mass is 9.51. The van der Waals surface area contributed by atoms with E-state index in [1.165, 1.54) is 19.3 Å². The van der Waals surface area contributed by atoms with Crippen LogP contribution in [0.5, 0.6) is 0 Å². The van der Waals surface area contributed by atoms with Crippen LogP contribution in [0, 0.1) is 11.3 Å². The van der Waals surface area contributed by atoms with E-state index in [2.05, 4.69) is 12.2 Å². The van der Waals surface area contributed by atoms with Gasteiger partial charge >= 0.3 is 0 Å². The summed E-state index contributed by atoms with van der Waals surface area (Å²) < 4.78 is 5.77. The number of hydrogen-bond acceptors (Lipinski definition) is 2. The van der Waals surface area contributed by atoms with Gasteiger partial charge in [-0.1, -0.05) is 6.42 Å². The molecule has 0 saturated heterocycles. The van der Waals surface area contributed by atoms with Crippen LogP contribution in [0.3, 0.4) is 0 Å². The number of amides is 1. The molecule has 0 aromatic rings. The maximum Gasteiger partial charge on any atom is 0.223 e. The lowest BCUT2D eigenvalue weighted by Crippen LogP contribution is -2.67. The SMILES string of the molecule is CCO[C@@H]1C[C@@H](NC(=O)C2CC2)C12CCC2. The predicted molar refractivity (Wildman–Crippen MR) is 61.0 cm³/mol. The molecule has 0 radical (unpaired) electrons. The number of carbonyl (C=O) groups excluding carboxylic acids is 1. The highest BCUT2D eigenvalue weighted by atomic mass is 16.5.